The lowest BCUT2D eigenvalue weighted by Crippen LogP contribution is -2.51. The maximum absolute atomic E-state index is 6.23. The van der Waals surface area contributed by atoms with Gasteiger partial charge in [-0.2, -0.15) is 0 Å². The van der Waals surface area contributed by atoms with E-state index in [0.717, 1.165) is 30.2 Å². The molecule has 0 radical (unpaired) electrons. The van der Waals surface area contributed by atoms with Gasteiger partial charge in [-0.1, -0.05) is 24.6 Å². The van der Waals surface area contributed by atoms with E-state index in [1.807, 2.05) is 12.1 Å². The monoisotopic (exact) mass is 267 g/mol. The fourth-order valence-electron chi connectivity index (χ4n) is 2.52. The van der Waals surface area contributed by atoms with Crippen molar-refractivity contribution in [3.05, 3.63) is 28.8 Å². The number of halogens is 1. The quantitative estimate of drug-likeness (QED) is 0.912. The van der Waals surface area contributed by atoms with Gasteiger partial charge in [0.15, 0.2) is 0 Å². The highest BCUT2D eigenvalue weighted by Crippen LogP contribution is 2.25. The molecule has 0 saturated carbocycles. The average Bonchev–Trinajstić information content (AvgIpc) is 2.39. The fraction of sp³-hybridized carbons (Fsp3) is 0.571. The van der Waals surface area contributed by atoms with Crippen LogP contribution in [0.5, 0.6) is 0 Å². The van der Waals surface area contributed by atoms with Crippen molar-refractivity contribution in [1.82, 2.24) is 4.90 Å². The predicted octanol–water partition coefficient (Wildman–Crippen LogP) is 2.33. The topological polar surface area (TPSA) is 32.5 Å². The molecular weight excluding hydrogens is 246 g/mol. The van der Waals surface area contributed by atoms with Crippen molar-refractivity contribution in [2.24, 2.45) is 5.73 Å². The summed E-state index contributed by atoms with van der Waals surface area (Å²) in [6.07, 6.45) is 1.18. The molecule has 1 unspecified atom stereocenters. The van der Waals surface area contributed by atoms with Crippen LogP contribution >= 0.6 is 11.6 Å². The third-order valence-corrected chi connectivity index (χ3v) is 4.22. The third-order valence-electron chi connectivity index (χ3n) is 3.87. The highest BCUT2D eigenvalue weighted by molar-refractivity contribution is 6.31. The number of benzene rings is 1. The second-order valence-corrected chi connectivity index (χ2v) is 5.38. The molecule has 0 aliphatic carbocycles. The molecule has 1 aliphatic heterocycles. The SMILES string of the molecule is CCC1CN(c2ccc(CN)c(Cl)c2)CCN1C. The fourth-order valence-corrected chi connectivity index (χ4v) is 2.77. The minimum Gasteiger partial charge on any atom is -0.369 e. The van der Waals surface area contributed by atoms with Crippen molar-refractivity contribution < 1.29 is 0 Å². The van der Waals surface area contributed by atoms with Gasteiger partial charge in [0.1, 0.15) is 0 Å². The molecule has 1 aromatic carbocycles. The molecule has 1 aliphatic rings. The van der Waals surface area contributed by atoms with Crippen LogP contribution in [0.1, 0.15) is 18.9 Å². The zero-order valence-electron chi connectivity index (χ0n) is 11.2. The molecule has 0 aromatic heterocycles. The van der Waals surface area contributed by atoms with Gasteiger partial charge in [0, 0.05) is 42.9 Å². The van der Waals surface area contributed by atoms with Crippen LogP contribution in [0.2, 0.25) is 5.02 Å². The summed E-state index contributed by atoms with van der Waals surface area (Å²) < 4.78 is 0. The van der Waals surface area contributed by atoms with E-state index in [1.165, 1.54) is 12.1 Å². The summed E-state index contributed by atoms with van der Waals surface area (Å²) in [7, 11) is 2.20. The smallest absolute Gasteiger partial charge is 0.0471 e. The molecular formula is C14H22ClN3. The van der Waals surface area contributed by atoms with Crippen molar-refractivity contribution in [3.63, 3.8) is 0 Å². The lowest BCUT2D eigenvalue weighted by molar-refractivity contribution is 0.213. The molecule has 2 N–H and O–H groups in total. The number of rotatable bonds is 3. The lowest BCUT2D eigenvalue weighted by Gasteiger charge is -2.40. The standard InChI is InChI=1S/C14H22ClN3/c1-3-12-10-18(7-6-17(12)2)13-5-4-11(9-16)14(15)8-13/h4-5,8,12H,3,6-7,9-10,16H2,1-2H3. The van der Waals surface area contributed by atoms with E-state index in [0.29, 0.717) is 12.6 Å². The van der Waals surface area contributed by atoms with Crippen LogP contribution in [-0.2, 0) is 6.54 Å². The average molecular weight is 268 g/mol. The van der Waals surface area contributed by atoms with Crippen molar-refractivity contribution in [1.29, 1.82) is 0 Å². The van der Waals surface area contributed by atoms with Crippen LogP contribution in [0.3, 0.4) is 0 Å². The first-order chi connectivity index (χ1) is 8.65. The number of hydrogen-bond acceptors (Lipinski definition) is 3. The highest BCUT2D eigenvalue weighted by atomic mass is 35.5. The summed E-state index contributed by atoms with van der Waals surface area (Å²) in [5.41, 5.74) is 7.86. The number of nitrogens with two attached hydrogens (primary N) is 1. The minimum absolute atomic E-state index is 0.499. The Labute approximate surface area is 115 Å². The number of anilines is 1. The van der Waals surface area contributed by atoms with Gasteiger partial charge in [-0.05, 0) is 31.2 Å². The van der Waals surface area contributed by atoms with Crippen LogP contribution in [-0.4, -0.2) is 37.6 Å². The Morgan fingerprint density at radius 1 is 1.39 bits per heavy atom. The first-order valence-electron chi connectivity index (χ1n) is 6.59. The molecule has 1 atom stereocenters. The minimum atomic E-state index is 0.499. The second kappa shape index (κ2) is 5.91. The first kappa shape index (κ1) is 13.7. The molecule has 3 nitrogen and oxygen atoms in total. The maximum atomic E-state index is 6.23. The van der Waals surface area contributed by atoms with Crippen LogP contribution in [0.25, 0.3) is 0 Å². The second-order valence-electron chi connectivity index (χ2n) is 4.97. The molecule has 18 heavy (non-hydrogen) atoms. The predicted molar refractivity (Wildman–Crippen MR) is 78.3 cm³/mol. The van der Waals surface area contributed by atoms with Gasteiger partial charge in [0.05, 0.1) is 0 Å². The maximum Gasteiger partial charge on any atom is 0.0471 e. The Morgan fingerprint density at radius 3 is 2.78 bits per heavy atom. The molecule has 0 bridgehead atoms. The summed E-state index contributed by atoms with van der Waals surface area (Å²) in [6, 6.07) is 6.84. The Morgan fingerprint density at radius 2 is 2.17 bits per heavy atom. The van der Waals surface area contributed by atoms with Gasteiger partial charge in [0.2, 0.25) is 0 Å². The summed E-state index contributed by atoms with van der Waals surface area (Å²) in [5, 5.41) is 0.780. The number of hydrogen-bond donors (Lipinski definition) is 1. The van der Waals surface area contributed by atoms with E-state index in [9.17, 15) is 0 Å². The van der Waals surface area contributed by atoms with Crippen LogP contribution in [0, 0.1) is 0 Å². The Hall–Kier alpha value is -0.770. The molecule has 0 amide bonds. The number of likely N-dealkylation sites (N-methyl/N-ethyl adjacent to an activating group) is 1. The Balaban J connectivity index is 2.14. The molecule has 4 heteroatoms. The van der Waals surface area contributed by atoms with Gasteiger partial charge in [-0.3, -0.25) is 4.90 Å². The van der Waals surface area contributed by atoms with Crippen molar-refractivity contribution >= 4 is 17.3 Å². The summed E-state index contributed by atoms with van der Waals surface area (Å²) in [4.78, 5) is 4.85. The molecule has 1 fully saturated rings. The van der Waals surface area contributed by atoms with E-state index in [4.69, 9.17) is 17.3 Å². The normalized spacial score (nSPS) is 21.3. The van der Waals surface area contributed by atoms with Gasteiger partial charge in [-0.15, -0.1) is 0 Å². The summed E-state index contributed by atoms with van der Waals surface area (Å²) in [6.45, 7) is 5.99. The molecule has 0 spiro atoms. The van der Waals surface area contributed by atoms with Crippen molar-refractivity contribution in [2.45, 2.75) is 25.9 Å². The number of piperazine rings is 1. The van der Waals surface area contributed by atoms with Crippen molar-refractivity contribution in [3.8, 4) is 0 Å². The summed E-state index contributed by atoms with van der Waals surface area (Å²) in [5.74, 6) is 0. The van der Waals surface area contributed by atoms with Gasteiger partial charge in [0.25, 0.3) is 0 Å². The Kier molecular flexibility index (Phi) is 4.49. The molecule has 2 rings (SSSR count). The first-order valence-corrected chi connectivity index (χ1v) is 6.97. The highest BCUT2D eigenvalue weighted by Gasteiger charge is 2.23. The molecule has 1 heterocycles. The van der Waals surface area contributed by atoms with Crippen LogP contribution in [0.15, 0.2) is 18.2 Å². The van der Waals surface area contributed by atoms with E-state index >= 15 is 0 Å². The van der Waals surface area contributed by atoms with Crippen LogP contribution < -0.4 is 10.6 Å². The third kappa shape index (κ3) is 2.79. The zero-order chi connectivity index (χ0) is 13.1. The zero-order valence-corrected chi connectivity index (χ0v) is 12.0. The summed E-state index contributed by atoms with van der Waals surface area (Å²) >= 11 is 6.23. The van der Waals surface area contributed by atoms with Gasteiger partial charge in [-0.25, -0.2) is 0 Å². The van der Waals surface area contributed by atoms with Crippen LogP contribution in [0.4, 0.5) is 5.69 Å². The molecule has 100 valence electrons. The molecule has 1 saturated heterocycles. The van der Waals surface area contributed by atoms with E-state index < -0.39 is 0 Å². The molecule has 1 aromatic rings. The van der Waals surface area contributed by atoms with Crippen molar-refractivity contribution in [2.75, 3.05) is 31.6 Å². The Bertz CT molecular complexity index is 408. The van der Waals surface area contributed by atoms with E-state index in [-0.39, 0.29) is 0 Å². The largest absolute Gasteiger partial charge is 0.369 e. The number of nitrogens with zero attached hydrogens (tertiary/aromatic N) is 2. The van der Waals surface area contributed by atoms with E-state index in [1.54, 1.807) is 0 Å². The lowest BCUT2D eigenvalue weighted by atomic mass is 10.1. The van der Waals surface area contributed by atoms with Gasteiger partial charge < -0.3 is 10.6 Å². The van der Waals surface area contributed by atoms with E-state index in [2.05, 4.69) is 29.8 Å². The van der Waals surface area contributed by atoms with Gasteiger partial charge >= 0.3 is 0 Å².